The quantitative estimate of drug-likeness (QED) is 0.313. The number of alkyl halides is 2. The predicted octanol–water partition coefficient (Wildman–Crippen LogP) is 4.27. The molecule has 0 amide bonds. The fourth-order valence-corrected chi connectivity index (χ4v) is 3.23. The van der Waals surface area contributed by atoms with Crippen molar-refractivity contribution < 1.29 is 28.8 Å². The lowest BCUT2D eigenvalue weighted by molar-refractivity contribution is -0.0388. The number of nitrogens with one attached hydrogen (secondary N) is 1. The van der Waals surface area contributed by atoms with Crippen molar-refractivity contribution in [2.45, 2.75) is 50.7 Å². The molecule has 0 aliphatic carbocycles. The Balaban J connectivity index is 1.47. The molecule has 172 valence electrons. The van der Waals surface area contributed by atoms with Crippen molar-refractivity contribution in [3.63, 3.8) is 0 Å². The average molecular weight is 438 g/mol. The molecule has 0 unspecified atom stereocenters. The normalized spacial score (nSPS) is 12.8. The summed E-state index contributed by atoms with van der Waals surface area (Å²) < 4.78 is 33.4. The van der Waals surface area contributed by atoms with E-state index in [0.29, 0.717) is 24.3 Å². The van der Waals surface area contributed by atoms with Gasteiger partial charge in [-0.25, -0.2) is 8.78 Å². The van der Waals surface area contributed by atoms with Crippen molar-refractivity contribution in [2.24, 2.45) is 0 Å². The number of aliphatic hydroxyl groups is 2. The van der Waals surface area contributed by atoms with Gasteiger partial charge in [0.05, 0.1) is 19.3 Å². The third-order valence-electron chi connectivity index (χ3n) is 5.15. The maximum atomic E-state index is 14.0. The summed E-state index contributed by atoms with van der Waals surface area (Å²) in [6, 6.07) is 12.5. The van der Waals surface area contributed by atoms with Crippen molar-refractivity contribution in [2.75, 3.05) is 26.3 Å². The summed E-state index contributed by atoms with van der Waals surface area (Å²) in [6.07, 6.45) is 2.68. The van der Waals surface area contributed by atoms with Crippen LogP contribution in [0.1, 0.15) is 54.9 Å². The molecule has 0 fully saturated rings. The molecule has 5 nitrogen and oxygen atoms in total. The molecule has 4 N–H and O–H groups in total. The predicted molar refractivity (Wildman–Crippen MR) is 116 cm³/mol. The van der Waals surface area contributed by atoms with Gasteiger partial charge in [-0.3, -0.25) is 0 Å². The number of aromatic hydroxyl groups is 1. The molecule has 2 aromatic rings. The van der Waals surface area contributed by atoms with Gasteiger partial charge in [0, 0.05) is 30.7 Å². The Kier molecular flexibility index (Phi) is 10.9. The van der Waals surface area contributed by atoms with E-state index in [2.05, 4.69) is 5.32 Å². The average Bonchev–Trinajstić information content (AvgIpc) is 2.78. The van der Waals surface area contributed by atoms with Crippen LogP contribution in [0.2, 0.25) is 0 Å². The lowest BCUT2D eigenvalue weighted by Crippen LogP contribution is -2.22. The summed E-state index contributed by atoms with van der Waals surface area (Å²) in [5, 5.41) is 32.1. The van der Waals surface area contributed by atoms with Gasteiger partial charge in [-0.1, -0.05) is 49.2 Å². The number of benzene rings is 2. The molecule has 0 aliphatic heterocycles. The second kappa shape index (κ2) is 13.4. The lowest BCUT2D eigenvalue weighted by Gasteiger charge is -2.16. The zero-order valence-electron chi connectivity index (χ0n) is 17.8. The van der Waals surface area contributed by atoms with E-state index in [1.54, 1.807) is 30.3 Å². The zero-order valence-corrected chi connectivity index (χ0v) is 17.8. The van der Waals surface area contributed by atoms with Gasteiger partial charge >= 0.3 is 0 Å². The highest BCUT2D eigenvalue weighted by Crippen LogP contribution is 2.31. The number of unbranched alkanes of at least 4 members (excludes halogenated alkanes) is 3. The number of ether oxygens (including phenoxy) is 1. The monoisotopic (exact) mass is 437 g/mol. The molecule has 0 spiro atoms. The molecular weight excluding hydrogens is 404 g/mol. The Labute approximate surface area is 182 Å². The minimum Gasteiger partial charge on any atom is -0.508 e. The first kappa shape index (κ1) is 25.2. The van der Waals surface area contributed by atoms with Crippen molar-refractivity contribution in [1.29, 1.82) is 0 Å². The third kappa shape index (κ3) is 8.91. The SMILES string of the molecule is OCc1cc([C@@H](O)CNCCCCCCOCCC(F)(F)c2ccccc2)ccc1O. The zero-order chi connectivity index (χ0) is 22.5. The van der Waals surface area contributed by atoms with Crippen LogP contribution >= 0.6 is 0 Å². The summed E-state index contributed by atoms with van der Waals surface area (Å²) in [7, 11) is 0. The van der Waals surface area contributed by atoms with Gasteiger partial charge in [0.1, 0.15) is 5.75 Å². The Morgan fingerprint density at radius 2 is 1.71 bits per heavy atom. The summed E-state index contributed by atoms with van der Waals surface area (Å²) in [5.41, 5.74) is 1.06. The van der Waals surface area contributed by atoms with Crippen molar-refractivity contribution in [3.05, 3.63) is 65.2 Å². The summed E-state index contributed by atoms with van der Waals surface area (Å²) in [5.74, 6) is -2.85. The lowest BCUT2D eigenvalue weighted by atomic mass is 10.1. The minimum absolute atomic E-state index is 0.0142. The van der Waals surface area contributed by atoms with Gasteiger partial charge in [-0.05, 0) is 37.1 Å². The van der Waals surface area contributed by atoms with Crippen molar-refractivity contribution >= 4 is 0 Å². The molecule has 31 heavy (non-hydrogen) atoms. The van der Waals surface area contributed by atoms with Gasteiger partial charge in [0.2, 0.25) is 0 Å². The largest absolute Gasteiger partial charge is 0.508 e. The molecule has 0 saturated heterocycles. The highest BCUT2D eigenvalue weighted by molar-refractivity contribution is 5.36. The van der Waals surface area contributed by atoms with Crippen LogP contribution in [-0.2, 0) is 17.3 Å². The van der Waals surface area contributed by atoms with Crippen LogP contribution in [0.5, 0.6) is 5.75 Å². The Morgan fingerprint density at radius 3 is 2.45 bits per heavy atom. The summed E-state index contributed by atoms with van der Waals surface area (Å²) in [4.78, 5) is 0. The van der Waals surface area contributed by atoms with Crippen molar-refractivity contribution in [3.8, 4) is 5.75 Å². The van der Waals surface area contributed by atoms with E-state index in [0.717, 1.165) is 32.2 Å². The van der Waals surface area contributed by atoms with Crippen LogP contribution in [0.4, 0.5) is 8.78 Å². The molecule has 2 aromatic carbocycles. The van der Waals surface area contributed by atoms with Gasteiger partial charge in [0.15, 0.2) is 0 Å². The van der Waals surface area contributed by atoms with Crippen LogP contribution in [0.25, 0.3) is 0 Å². The molecule has 0 aliphatic rings. The molecule has 0 heterocycles. The number of halogens is 2. The van der Waals surface area contributed by atoms with E-state index in [1.165, 1.54) is 18.2 Å². The van der Waals surface area contributed by atoms with E-state index in [4.69, 9.17) is 4.74 Å². The maximum absolute atomic E-state index is 14.0. The van der Waals surface area contributed by atoms with Crippen LogP contribution in [0.15, 0.2) is 48.5 Å². The fraction of sp³-hybridized carbons (Fsp3) is 0.500. The van der Waals surface area contributed by atoms with Crippen LogP contribution in [0.3, 0.4) is 0 Å². The van der Waals surface area contributed by atoms with E-state index in [-0.39, 0.29) is 30.9 Å². The van der Waals surface area contributed by atoms with Crippen molar-refractivity contribution in [1.82, 2.24) is 5.32 Å². The maximum Gasteiger partial charge on any atom is 0.275 e. The van der Waals surface area contributed by atoms with Gasteiger partial charge in [0.25, 0.3) is 5.92 Å². The first-order chi connectivity index (χ1) is 14.9. The second-order valence-corrected chi connectivity index (χ2v) is 7.61. The van der Waals surface area contributed by atoms with Gasteiger partial charge < -0.3 is 25.4 Å². The Bertz CT molecular complexity index is 758. The van der Waals surface area contributed by atoms with Crippen LogP contribution in [-0.4, -0.2) is 41.6 Å². The van der Waals surface area contributed by atoms with Gasteiger partial charge in [-0.2, -0.15) is 0 Å². The first-order valence-corrected chi connectivity index (χ1v) is 10.8. The topological polar surface area (TPSA) is 82.0 Å². The highest BCUT2D eigenvalue weighted by Gasteiger charge is 2.30. The molecule has 7 heteroatoms. The van der Waals surface area contributed by atoms with Crippen LogP contribution in [0, 0.1) is 0 Å². The van der Waals surface area contributed by atoms with E-state index >= 15 is 0 Å². The first-order valence-electron chi connectivity index (χ1n) is 10.8. The Morgan fingerprint density at radius 1 is 0.968 bits per heavy atom. The number of hydrogen-bond acceptors (Lipinski definition) is 5. The number of hydrogen-bond donors (Lipinski definition) is 4. The second-order valence-electron chi connectivity index (χ2n) is 7.61. The molecule has 1 atom stereocenters. The number of rotatable bonds is 15. The number of aliphatic hydroxyl groups excluding tert-OH is 2. The molecule has 0 bridgehead atoms. The molecular formula is C24H33F2NO4. The number of phenols is 1. The van der Waals surface area contributed by atoms with Crippen LogP contribution < -0.4 is 5.32 Å². The van der Waals surface area contributed by atoms with E-state index in [9.17, 15) is 24.1 Å². The summed E-state index contributed by atoms with van der Waals surface area (Å²) in [6.45, 7) is 1.38. The fourth-order valence-electron chi connectivity index (χ4n) is 3.23. The highest BCUT2D eigenvalue weighted by atomic mass is 19.3. The molecule has 0 saturated carbocycles. The smallest absolute Gasteiger partial charge is 0.275 e. The molecule has 0 radical (unpaired) electrons. The van der Waals surface area contributed by atoms with E-state index < -0.39 is 12.0 Å². The van der Waals surface area contributed by atoms with Gasteiger partial charge in [-0.15, -0.1) is 0 Å². The van der Waals surface area contributed by atoms with E-state index in [1.807, 2.05) is 0 Å². The third-order valence-corrected chi connectivity index (χ3v) is 5.15. The Hall–Kier alpha value is -2.06. The molecule has 2 rings (SSSR count). The standard InChI is InChI=1S/C24H33F2NO4/c25-24(26,21-8-4-3-5-9-21)12-15-31-14-7-2-1-6-13-27-17-23(30)19-10-11-22(29)20(16-19)18-28/h3-5,8-11,16,23,27-30H,1-2,6-7,12-15,17-18H2/t23-/m0/s1. The minimum atomic E-state index is -2.86. The molecule has 0 aromatic heterocycles. The summed E-state index contributed by atoms with van der Waals surface area (Å²) >= 11 is 0.